The van der Waals surface area contributed by atoms with Crippen molar-refractivity contribution in [1.82, 2.24) is 4.98 Å². The van der Waals surface area contributed by atoms with Crippen LogP contribution in [0.4, 0.5) is 5.82 Å². The smallest absolute Gasteiger partial charge is 0.167 e. The van der Waals surface area contributed by atoms with E-state index in [9.17, 15) is 4.79 Å². The topological polar surface area (TPSA) is 69.1 Å². The van der Waals surface area contributed by atoms with Gasteiger partial charge in [0.25, 0.3) is 0 Å². The molecule has 29 heavy (non-hydrogen) atoms. The molecule has 2 N–H and O–H groups in total. The summed E-state index contributed by atoms with van der Waals surface area (Å²) in [5.41, 5.74) is 10.4. The number of carbonyl (C=O) groups excluding carboxylic acids is 1. The first-order chi connectivity index (χ1) is 14.2. The van der Waals surface area contributed by atoms with Crippen LogP contribution in [-0.2, 0) is 6.42 Å². The Labute approximate surface area is 167 Å². The fourth-order valence-electron chi connectivity index (χ4n) is 3.79. The van der Waals surface area contributed by atoms with E-state index in [4.69, 9.17) is 10.2 Å². The van der Waals surface area contributed by atoms with Crippen molar-refractivity contribution in [2.75, 3.05) is 5.73 Å². The third kappa shape index (κ3) is 3.05. The van der Waals surface area contributed by atoms with E-state index in [0.29, 0.717) is 17.8 Å². The maximum atomic E-state index is 12.9. The van der Waals surface area contributed by atoms with E-state index in [0.717, 1.165) is 38.4 Å². The number of furan rings is 1. The summed E-state index contributed by atoms with van der Waals surface area (Å²) in [6.07, 6.45) is 3.72. The van der Waals surface area contributed by atoms with Crippen LogP contribution in [0.1, 0.15) is 15.9 Å². The lowest BCUT2D eigenvalue weighted by Crippen LogP contribution is -2.04. The number of benzene rings is 3. The van der Waals surface area contributed by atoms with Gasteiger partial charge in [-0.15, -0.1) is 0 Å². The molecule has 5 aromatic rings. The second-order valence-electron chi connectivity index (χ2n) is 7.05. The van der Waals surface area contributed by atoms with Crippen LogP contribution in [0.2, 0.25) is 0 Å². The second-order valence-corrected chi connectivity index (χ2v) is 7.05. The predicted octanol–water partition coefficient (Wildman–Crippen LogP) is 5.66. The molecule has 0 unspecified atom stereocenters. The number of nitrogens with zero attached hydrogens (tertiary/aromatic N) is 1. The molecule has 2 aromatic heterocycles. The predicted molar refractivity (Wildman–Crippen MR) is 116 cm³/mol. The molecule has 2 heterocycles. The van der Waals surface area contributed by atoms with Crippen LogP contribution in [0.25, 0.3) is 32.9 Å². The van der Waals surface area contributed by atoms with Crippen molar-refractivity contribution < 1.29 is 9.21 Å². The summed E-state index contributed by atoms with van der Waals surface area (Å²) in [6, 6.07) is 23.5. The number of carbonyl (C=O) groups is 1. The minimum atomic E-state index is 0.108. The first-order valence-corrected chi connectivity index (χ1v) is 9.42. The number of hydrogen-bond donors (Lipinski definition) is 1. The van der Waals surface area contributed by atoms with E-state index in [2.05, 4.69) is 11.1 Å². The van der Waals surface area contributed by atoms with Gasteiger partial charge in [-0.1, -0.05) is 60.7 Å². The average Bonchev–Trinajstić information content (AvgIpc) is 3.19. The minimum absolute atomic E-state index is 0.108. The zero-order valence-corrected chi connectivity index (χ0v) is 15.6. The van der Waals surface area contributed by atoms with Gasteiger partial charge in [-0.05, 0) is 34.0 Å². The van der Waals surface area contributed by atoms with Gasteiger partial charge in [0.05, 0.1) is 11.6 Å². The van der Waals surface area contributed by atoms with Crippen molar-refractivity contribution in [2.45, 2.75) is 6.42 Å². The Hall–Kier alpha value is -3.92. The quantitative estimate of drug-likeness (QED) is 0.410. The largest absolute Gasteiger partial charge is 0.463 e. The number of aromatic nitrogens is 1. The lowest BCUT2D eigenvalue weighted by molar-refractivity contribution is 0.0994. The lowest BCUT2D eigenvalue weighted by Gasteiger charge is -2.08. The van der Waals surface area contributed by atoms with Crippen LogP contribution in [0.15, 0.2) is 89.7 Å². The van der Waals surface area contributed by atoms with E-state index < -0.39 is 0 Å². The maximum Gasteiger partial charge on any atom is 0.167 e. The number of nitrogens with two attached hydrogens (primary N) is 1. The zero-order chi connectivity index (χ0) is 19.8. The van der Waals surface area contributed by atoms with Crippen molar-refractivity contribution in [3.63, 3.8) is 0 Å². The summed E-state index contributed by atoms with van der Waals surface area (Å²) in [7, 11) is 0. The van der Waals surface area contributed by atoms with E-state index in [1.54, 1.807) is 18.5 Å². The highest BCUT2D eigenvalue weighted by Gasteiger charge is 2.14. The molecule has 0 aliphatic rings. The van der Waals surface area contributed by atoms with Crippen molar-refractivity contribution in [3.8, 4) is 11.1 Å². The van der Waals surface area contributed by atoms with Gasteiger partial charge >= 0.3 is 0 Å². The maximum absolute atomic E-state index is 12.9. The summed E-state index contributed by atoms with van der Waals surface area (Å²) in [5, 5.41) is 2.75. The highest BCUT2D eigenvalue weighted by Crippen LogP contribution is 2.35. The minimum Gasteiger partial charge on any atom is -0.463 e. The summed E-state index contributed by atoms with van der Waals surface area (Å²) in [4.78, 5) is 17.1. The second kappa shape index (κ2) is 6.91. The number of rotatable bonds is 4. The van der Waals surface area contributed by atoms with E-state index in [1.165, 1.54) is 0 Å². The fourth-order valence-corrected chi connectivity index (χ4v) is 3.79. The molecule has 5 rings (SSSR count). The Morgan fingerprint density at radius 2 is 1.83 bits per heavy atom. The monoisotopic (exact) mass is 378 g/mol. The molecule has 0 atom stereocenters. The lowest BCUT2D eigenvalue weighted by atomic mass is 9.95. The number of Topliss-reactive ketones (excluding diaryl/α,β-unsaturated/α-hetero) is 1. The van der Waals surface area contributed by atoms with Gasteiger partial charge < -0.3 is 10.2 Å². The van der Waals surface area contributed by atoms with Gasteiger partial charge in [0.1, 0.15) is 11.4 Å². The van der Waals surface area contributed by atoms with Crippen LogP contribution in [0, 0.1) is 0 Å². The number of fused-ring (bicyclic) bond motifs is 2. The van der Waals surface area contributed by atoms with Crippen LogP contribution >= 0.6 is 0 Å². The van der Waals surface area contributed by atoms with Gasteiger partial charge in [0.2, 0.25) is 0 Å². The molecular weight excluding hydrogens is 360 g/mol. The van der Waals surface area contributed by atoms with Gasteiger partial charge in [-0.2, -0.15) is 0 Å². The highest BCUT2D eigenvalue weighted by atomic mass is 16.3. The Bertz CT molecular complexity index is 1350. The third-order valence-electron chi connectivity index (χ3n) is 5.21. The van der Waals surface area contributed by atoms with Gasteiger partial charge in [-0.3, -0.25) is 4.79 Å². The van der Waals surface area contributed by atoms with Crippen molar-refractivity contribution >= 4 is 33.3 Å². The summed E-state index contributed by atoms with van der Waals surface area (Å²) >= 11 is 0. The molecule has 0 amide bonds. The van der Waals surface area contributed by atoms with Crippen LogP contribution < -0.4 is 5.73 Å². The molecule has 0 fully saturated rings. The first-order valence-electron chi connectivity index (χ1n) is 9.42. The molecule has 0 saturated heterocycles. The average molecular weight is 378 g/mol. The SMILES string of the molecule is Nc1nccc2occ(-c3ccc4c(C(=O)Cc5ccccc5)cccc4c3)c12. The molecule has 0 aliphatic heterocycles. The molecule has 0 aliphatic carbocycles. The highest BCUT2D eigenvalue weighted by molar-refractivity contribution is 6.10. The van der Waals surface area contributed by atoms with E-state index in [1.807, 2.05) is 60.7 Å². The number of pyridine rings is 1. The Morgan fingerprint density at radius 3 is 2.69 bits per heavy atom. The molecular formula is C25H18N2O2. The van der Waals surface area contributed by atoms with E-state index in [-0.39, 0.29) is 5.78 Å². The molecule has 0 radical (unpaired) electrons. The standard InChI is InChI=1S/C25H18N2O2/c26-25-24-21(15-29-23(24)11-12-27-25)18-9-10-19-17(14-18)7-4-8-20(19)22(28)13-16-5-2-1-3-6-16/h1-12,14-15H,13H2,(H2,26,27). The molecule has 0 spiro atoms. The molecule has 0 bridgehead atoms. The van der Waals surface area contributed by atoms with Gasteiger partial charge in [0, 0.05) is 23.7 Å². The summed E-state index contributed by atoms with van der Waals surface area (Å²) in [5.74, 6) is 0.551. The van der Waals surface area contributed by atoms with Crippen LogP contribution in [0.3, 0.4) is 0 Å². The third-order valence-corrected chi connectivity index (χ3v) is 5.21. The van der Waals surface area contributed by atoms with Gasteiger partial charge in [-0.25, -0.2) is 4.98 Å². The molecule has 3 aromatic carbocycles. The number of nitrogen functional groups attached to an aromatic ring is 1. The molecule has 140 valence electrons. The number of hydrogen-bond acceptors (Lipinski definition) is 4. The first kappa shape index (κ1) is 17.2. The zero-order valence-electron chi connectivity index (χ0n) is 15.6. The van der Waals surface area contributed by atoms with E-state index >= 15 is 0 Å². The molecule has 0 saturated carbocycles. The normalized spacial score (nSPS) is 11.2. The van der Waals surface area contributed by atoms with Crippen LogP contribution in [0.5, 0.6) is 0 Å². The molecule has 4 nitrogen and oxygen atoms in total. The summed E-state index contributed by atoms with van der Waals surface area (Å²) in [6.45, 7) is 0. The fraction of sp³-hybridized carbons (Fsp3) is 0.0400. The number of ketones is 1. The van der Waals surface area contributed by atoms with Gasteiger partial charge in [0.15, 0.2) is 5.78 Å². The Kier molecular flexibility index (Phi) is 4.10. The van der Waals surface area contributed by atoms with Crippen LogP contribution in [-0.4, -0.2) is 10.8 Å². The van der Waals surface area contributed by atoms with Crippen molar-refractivity contribution in [3.05, 3.63) is 96.4 Å². The van der Waals surface area contributed by atoms with Crippen molar-refractivity contribution in [2.24, 2.45) is 0 Å². The summed E-state index contributed by atoms with van der Waals surface area (Å²) < 4.78 is 5.65. The Morgan fingerprint density at radius 1 is 0.966 bits per heavy atom. The number of anilines is 1. The van der Waals surface area contributed by atoms with Crippen molar-refractivity contribution in [1.29, 1.82) is 0 Å². The Balaban J connectivity index is 1.57. The molecule has 4 heteroatoms.